The van der Waals surface area contributed by atoms with Gasteiger partial charge in [0.25, 0.3) is 10.0 Å². The first kappa shape index (κ1) is 16.6. The van der Waals surface area contributed by atoms with Gasteiger partial charge in [0.2, 0.25) is 0 Å². The van der Waals surface area contributed by atoms with Crippen LogP contribution in [0.25, 0.3) is 22.3 Å². The van der Waals surface area contributed by atoms with Crippen molar-refractivity contribution in [3.05, 3.63) is 54.3 Å². The number of thiophene rings is 1. The molecule has 0 atom stereocenters. The van der Waals surface area contributed by atoms with Crippen LogP contribution in [-0.4, -0.2) is 30.5 Å². The van der Waals surface area contributed by atoms with Crippen LogP contribution >= 0.6 is 11.3 Å². The lowest BCUT2D eigenvalue weighted by molar-refractivity contribution is 0.417. The lowest BCUT2D eigenvalue weighted by atomic mass is 10.1. The number of methoxy groups -OCH3 is 1. The predicted octanol–water partition coefficient (Wildman–Crippen LogP) is 3.50. The van der Waals surface area contributed by atoms with E-state index in [9.17, 15) is 8.42 Å². The van der Waals surface area contributed by atoms with Crippen LogP contribution in [0.5, 0.6) is 5.75 Å². The molecule has 4 aromatic rings. The molecule has 0 spiro atoms. The Kier molecular flexibility index (Phi) is 4.09. The average molecular weight is 386 g/mol. The van der Waals surface area contributed by atoms with Crippen LogP contribution in [0.4, 0.5) is 5.69 Å². The Morgan fingerprint density at radius 1 is 1.23 bits per heavy atom. The normalized spacial score (nSPS) is 11.6. The van der Waals surface area contributed by atoms with E-state index in [1.165, 1.54) is 13.4 Å². The molecule has 4 rings (SSSR count). The molecule has 0 aliphatic rings. The lowest BCUT2D eigenvalue weighted by Gasteiger charge is -2.12. The monoisotopic (exact) mass is 386 g/mol. The molecule has 0 unspecified atom stereocenters. The maximum absolute atomic E-state index is 12.5. The molecule has 0 saturated carbocycles. The van der Waals surface area contributed by atoms with E-state index < -0.39 is 10.0 Å². The number of aromatic amines is 1. The van der Waals surface area contributed by atoms with Crippen molar-refractivity contribution in [2.24, 2.45) is 0 Å². The van der Waals surface area contributed by atoms with Gasteiger partial charge in [0.1, 0.15) is 21.9 Å². The molecule has 3 aromatic heterocycles. The average Bonchev–Trinajstić information content (AvgIpc) is 3.31. The Balaban J connectivity index is 1.76. The third-order valence-electron chi connectivity index (χ3n) is 3.81. The highest BCUT2D eigenvalue weighted by Crippen LogP contribution is 2.33. The molecule has 0 aliphatic carbocycles. The van der Waals surface area contributed by atoms with Crippen LogP contribution in [-0.2, 0) is 10.0 Å². The van der Waals surface area contributed by atoms with E-state index in [1.807, 2.05) is 12.1 Å². The first-order valence-electron chi connectivity index (χ1n) is 7.60. The molecule has 0 bridgehead atoms. The van der Waals surface area contributed by atoms with Gasteiger partial charge in [0.05, 0.1) is 12.8 Å². The van der Waals surface area contributed by atoms with E-state index in [4.69, 9.17) is 4.74 Å². The van der Waals surface area contributed by atoms with Crippen LogP contribution in [0.3, 0.4) is 0 Å². The minimum absolute atomic E-state index is 0.242. The number of hydrogen-bond donors (Lipinski definition) is 2. The SMILES string of the molecule is COc1ccc(-c2cc3cncnc3[nH]2)cc1NS(=O)(=O)c1cccs1. The molecule has 0 aliphatic heterocycles. The van der Waals surface area contributed by atoms with Gasteiger partial charge in [-0.3, -0.25) is 4.72 Å². The molecule has 0 fully saturated rings. The van der Waals surface area contributed by atoms with E-state index in [2.05, 4.69) is 19.7 Å². The summed E-state index contributed by atoms with van der Waals surface area (Å²) in [6.07, 6.45) is 3.18. The second kappa shape index (κ2) is 6.43. The highest BCUT2D eigenvalue weighted by molar-refractivity contribution is 7.94. The summed E-state index contributed by atoms with van der Waals surface area (Å²) in [6, 6.07) is 10.5. The number of nitrogens with zero attached hydrogens (tertiary/aromatic N) is 2. The number of ether oxygens (including phenoxy) is 1. The summed E-state index contributed by atoms with van der Waals surface area (Å²) in [5.74, 6) is 0.435. The van der Waals surface area contributed by atoms with Crippen molar-refractivity contribution in [2.75, 3.05) is 11.8 Å². The van der Waals surface area contributed by atoms with Crippen LogP contribution < -0.4 is 9.46 Å². The second-order valence-corrected chi connectivity index (χ2v) is 8.32. The summed E-state index contributed by atoms with van der Waals surface area (Å²) in [7, 11) is -2.17. The zero-order valence-corrected chi connectivity index (χ0v) is 15.3. The maximum Gasteiger partial charge on any atom is 0.271 e. The number of anilines is 1. The largest absolute Gasteiger partial charge is 0.495 e. The van der Waals surface area contributed by atoms with Crippen LogP contribution in [0.15, 0.2) is 58.5 Å². The smallest absolute Gasteiger partial charge is 0.271 e. The fourth-order valence-corrected chi connectivity index (χ4v) is 4.65. The van der Waals surface area contributed by atoms with Crippen molar-refractivity contribution < 1.29 is 13.2 Å². The number of nitrogens with one attached hydrogen (secondary N) is 2. The summed E-state index contributed by atoms with van der Waals surface area (Å²) in [4.78, 5) is 11.4. The van der Waals surface area contributed by atoms with E-state index in [-0.39, 0.29) is 4.21 Å². The molecular weight excluding hydrogens is 372 g/mol. The standard InChI is InChI=1S/C17H14N4O3S2/c1-24-15-5-4-11(13-8-12-9-18-10-19-17(12)20-13)7-14(15)21-26(22,23)16-3-2-6-25-16/h2-10,21H,1H3,(H,18,19,20). The van der Waals surface area contributed by atoms with Gasteiger partial charge in [0.15, 0.2) is 0 Å². The van der Waals surface area contributed by atoms with Crippen LogP contribution in [0, 0.1) is 0 Å². The van der Waals surface area contributed by atoms with Gasteiger partial charge >= 0.3 is 0 Å². The van der Waals surface area contributed by atoms with E-state index in [0.717, 1.165) is 28.0 Å². The van der Waals surface area contributed by atoms with Crippen molar-refractivity contribution in [3.8, 4) is 17.0 Å². The Morgan fingerprint density at radius 3 is 2.85 bits per heavy atom. The molecule has 3 heterocycles. The van der Waals surface area contributed by atoms with E-state index in [0.29, 0.717) is 17.1 Å². The molecule has 2 N–H and O–H groups in total. The molecule has 132 valence electrons. The van der Waals surface area contributed by atoms with Gasteiger partial charge in [0, 0.05) is 22.8 Å². The number of sulfonamides is 1. The zero-order chi connectivity index (χ0) is 18.1. The van der Waals surface area contributed by atoms with Gasteiger partial charge in [-0.15, -0.1) is 11.3 Å². The maximum atomic E-state index is 12.5. The Hall–Kier alpha value is -2.91. The summed E-state index contributed by atoms with van der Waals surface area (Å²) in [5, 5.41) is 2.59. The number of fused-ring (bicyclic) bond motifs is 1. The Labute approximate surface area is 153 Å². The molecular formula is C17H14N4O3S2. The fraction of sp³-hybridized carbons (Fsp3) is 0.0588. The third-order valence-corrected chi connectivity index (χ3v) is 6.57. The fourth-order valence-electron chi connectivity index (χ4n) is 2.59. The molecule has 0 amide bonds. The van der Waals surface area contributed by atoms with Gasteiger partial charge in [-0.1, -0.05) is 6.07 Å². The minimum atomic E-state index is -3.67. The summed E-state index contributed by atoms with van der Waals surface area (Å²) in [6.45, 7) is 0. The minimum Gasteiger partial charge on any atom is -0.495 e. The third kappa shape index (κ3) is 3.02. The highest BCUT2D eigenvalue weighted by Gasteiger charge is 2.18. The number of H-pyrrole nitrogens is 1. The van der Waals surface area contributed by atoms with E-state index >= 15 is 0 Å². The number of hydrogen-bond acceptors (Lipinski definition) is 6. The van der Waals surface area contributed by atoms with Gasteiger partial charge in [-0.25, -0.2) is 18.4 Å². The van der Waals surface area contributed by atoms with Crippen molar-refractivity contribution in [1.29, 1.82) is 0 Å². The predicted molar refractivity (Wildman–Crippen MR) is 101 cm³/mol. The quantitative estimate of drug-likeness (QED) is 0.547. The number of benzene rings is 1. The van der Waals surface area contributed by atoms with Crippen LogP contribution in [0.1, 0.15) is 0 Å². The molecule has 0 radical (unpaired) electrons. The van der Waals surface area contributed by atoms with Crippen molar-refractivity contribution in [3.63, 3.8) is 0 Å². The Morgan fingerprint density at radius 2 is 2.12 bits per heavy atom. The highest BCUT2D eigenvalue weighted by atomic mass is 32.2. The number of aromatic nitrogens is 3. The summed E-state index contributed by atoms with van der Waals surface area (Å²) in [5.41, 5.74) is 2.68. The number of rotatable bonds is 5. The summed E-state index contributed by atoms with van der Waals surface area (Å²) < 4.78 is 33.2. The van der Waals surface area contributed by atoms with Crippen LogP contribution in [0.2, 0.25) is 0 Å². The van der Waals surface area contributed by atoms with Gasteiger partial charge in [-0.05, 0) is 35.7 Å². The first-order valence-corrected chi connectivity index (χ1v) is 9.96. The topological polar surface area (TPSA) is 97.0 Å². The van der Waals surface area contributed by atoms with Crippen molar-refractivity contribution >= 4 is 38.1 Å². The van der Waals surface area contributed by atoms with Gasteiger partial charge in [-0.2, -0.15) is 0 Å². The lowest BCUT2D eigenvalue weighted by Crippen LogP contribution is -2.12. The molecule has 26 heavy (non-hydrogen) atoms. The molecule has 1 aromatic carbocycles. The zero-order valence-electron chi connectivity index (χ0n) is 13.6. The Bertz CT molecular complexity index is 1130. The van der Waals surface area contributed by atoms with Crippen molar-refractivity contribution in [1.82, 2.24) is 15.0 Å². The van der Waals surface area contributed by atoms with E-state index in [1.54, 1.807) is 35.8 Å². The second-order valence-electron chi connectivity index (χ2n) is 5.46. The van der Waals surface area contributed by atoms with Gasteiger partial charge < -0.3 is 9.72 Å². The summed E-state index contributed by atoms with van der Waals surface area (Å²) >= 11 is 1.15. The van der Waals surface area contributed by atoms with Crippen molar-refractivity contribution in [2.45, 2.75) is 4.21 Å². The molecule has 9 heteroatoms. The first-order chi connectivity index (χ1) is 12.6. The molecule has 0 saturated heterocycles. The molecule has 7 nitrogen and oxygen atoms in total.